The fourth-order valence-electron chi connectivity index (χ4n) is 3.31. The van der Waals surface area contributed by atoms with E-state index in [0.29, 0.717) is 11.7 Å². The van der Waals surface area contributed by atoms with Crippen LogP contribution < -0.4 is 0 Å². The van der Waals surface area contributed by atoms with Gasteiger partial charge in [0.15, 0.2) is 0 Å². The Bertz CT molecular complexity index is 650. The van der Waals surface area contributed by atoms with Gasteiger partial charge in [-0.2, -0.15) is 0 Å². The van der Waals surface area contributed by atoms with Gasteiger partial charge in [0, 0.05) is 36.6 Å². The normalized spacial score (nSPS) is 19.4. The maximum absolute atomic E-state index is 10.7. The highest BCUT2D eigenvalue weighted by molar-refractivity contribution is 5.85. The van der Waals surface area contributed by atoms with Crippen molar-refractivity contribution in [3.63, 3.8) is 0 Å². The van der Waals surface area contributed by atoms with Gasteiger partial charge in [0.05, 0.1) is 0 Å². The predicted octanol–water partition coefficient (Wildman–Crippen LogP) is 3.00. The highest BCUT2D eigenvalue weighted by atomic mass is 16.3. The topological polar surface area (TPSA) is 66.0 Å². The van der Waals surface area contributed by atoms with Crippen molar-refractivity contribution >= 4 is 16.7 Å². The second-order valence-electron chi connectivity index (χ2n) is 5.52. The Morgan fingerprint density at radius 1 is 1.48 bits per heavy atom. The molecule has 0 bridgehead atoms. The van der Waals surface area contributed by atoms with E-state index in [1.165, 1.54) is 5.56 Å². The minimum atomic E-state index is 0.190. The van der Waals surface area contributed by atoms with Crippen LogP contribution in [0.25, 0.3) is 11.0 Å². The zero-order chi connectivity index (χ0) is 14.8. The molecule has 0 radical (unpaired) electrons. The number of nitrogens with zero attached hydrogens (tertiary/aromatic N) is 2. The summed E-state index contributed by atoms with van der Waals surface area (Å²) in [6.07, 6.45) is 2.47. The van der Waals surface area contributed by atoms with Gasteiger partial charge in [-0.05, 0) is 42.8 Å². The van der Waals surface area contributed by atoms with Crippen molar-refractivity contribution in [3.05, 3.63) is 34.4 Å². The molecular formula is C16H20N2O3. The lowest BCUT2D eigenvalue weighted by Gasteiger charge is -2.27. The van der Waals surface area contributed by atoms with Crippen LogP contribution in [-0.2, 0) is 12.8 Å². The van der Waals surface area contributed by atoms with Gasteiger partial charge >= 0.3 is 0 Å². The van der Waals surface area contributed by atoms with Gasteiger partial charge in [-0.25, -0.2) is 0 Å². The number of hydrogen-bond donors (Lipinski definition) is 1. The van der Waals surface area contributed by atoms with Gasteiger partial charge in [-0.1, -0.05) is 6.92 Å². The second kappa shape index (κ2) is 5.95. The highest BCUT2D eigenvalue weighted by Gasteiger charge is 2.26. The third-order valence-corrected chi connectivity index (χ3v) is 4.42. The van der Waals surface area contributed by atoms with Crippen molar-refractivity contribution in [2.45, 2.75) is 32.2 Å². The smallest absolute Gasteiger partial charge is 0.134 e. The number of benzene rings is 1. The van der Waals surface area contributed by atoms with Gasteiger partial charge < -0.3 is 9.52 Å². The average molecular weight is 288 g/mol. The number of hydrogen-bond acceptors (Lipinski definition) is 5. The van der Waals surface area contributed by atoms with Crippen LogP contribution in [0.4, 0.5) is 5.69 Å². The molecule has 0 spiro atoms. The summed E-state index contributed by atoms with van der Waals surface area (Å²) in [5.74, 6) is 0.988. The molecule has 2 heterocycles. The molecule has 1 aliphatic heterocycles. The fourth-order valence-corrected chi connectivity index (χ4v) is 3.31. The first-order valence-electron chi connectivity index (χ1n) is 7.49. The van der Waals surface area contributed by atoms with E-state index in [1.807, 2.05) is 12.1 Å². The van der Waals surface area contributed by atoms with Crippen molar-refractivity contribution in [1.29, 1.82) is 0 Å². The molecule has 3 rings (SSSR count). The molecule has 1 aromatic carbocycles. The largest absolute Gasteiger partial charge is 0.461 e. The van der Waals surface area contributed by atoms with E-state index in [1.54, 1.807) is 6.07 Å². The molecule has 0 aliphatic carbocycles. The van der Waals surface area contributed by atoms with Crippen LogP contribution in [0, 0.1) is 4.91 Å². The third kappa shape index (κ3) is 2.59. The molecular weight excluding hydrogens is 268 g/mol. The van der Waals surface area contributed by atoms with E-state index < -0.39 is 0 Å². The summed E-state index contributed by atoms with van der Waals surface area (Å²) in [6, 6.07) is 5.62. The SMILES string of the molecule is CCN1CCc2c(oc3ccc(N=O)cc23)CC1CCO. The van der Waals surface area contributed by atoms with E-state index in [-0.39, 0.29) is 6.61 Å². The average Bonchev–Trinajstić information content (AvgIpc) is 2.74. The number of likely N-dealkylation sites (N-methyl/N-ethyl adjacent to an activating group) is 1. The van der Waals surface area contributed by atoms with Crippen LogP contribution >= 0.6 is 0 Å². The van der Waals surface area contributed by atoms with Crippen molar-refractivity contribution in [2.24, 2.45) is 5.18 Å². The molecule has 5 nitrogen and oxygen atoms in total. The summed E-state index contributed by atoms with van der Waals surface area (Å²) in [6.45, 7) is 4.25. The highest BCUT2D eigenvalue weighted by Crippen LogP contribution is 2.33. The number of aliphatic hydroxyl groups is 1. The van der Waals surface area contributed by atoms with Crippen LogP contribution in [0.15, 0.2) is 27.8 Å². The summed E-state index contributed by atoms with van der Waals surface area (Å²) < 4.78 is 5.99. The Balaban J connectivity index is 2.02. The zero-order valence-electron chi connectivity index (χ0n) is 12.2. The molecule has 112 valence electrons. The monoisotopic (exact) mass is 288 g/mol. The molecule has 21 heavy (non-hydrogen) atoms. The van der Waals surface area contributed by atoms with Gasteiger partial charge in [-0.15, -0.1) is 4.91 Å². The molecule has 1 atom stereocenters. The van der Waals surface area contributed by atoms with Gasteiger partial charge in [-0.3, -0.25) is 4.90 Å². The summed E-state index contributed by atoms with van der Waals surface area (Å²) in [4.78, 5) is 13.1. The molecule has 0 amide bonds. The zero-order valence-corrected chi connectivity index (χ0v) is 12.2. The number of rotatable bonds is 4. The first kappa shape index (κ1) is 14.2. The maximum Gasteiger partial charge on any atom is 0.134 e. The van der Waals surface area contributed by atoms with E-state index in [0.717, 1.165) is 49.1 Å². The van der Waals surface area contributed by atoms with Crippen molar-refractivity contribution in [1.82, 2.24) is 4.90 Å². The molecule has 1 aliphatic rings. The molecule has 0 fully saturated rings. The van der Waals surface area contributed by atoms with Crippen LogP contribution in [-0.4, -0.2) is 35.7 Å². The van der Waals surface area contributed by atoms with E-state index in [9.17, 15) is 10.0 Å². The fraction of sp³-hybridized carbons (Fsp3) is 0.500. The first-order valence-corrected chi connectivity index (χ1v) is 7.49. The Morgan fingerprint density at radius 3 is 3.05 bits per heavy atom. The number of fused-ring (bicyclic) bond motifs is 3. The van der Waals surface area contributed by atoms with Crippen LogP contribution in [0.1, 0.15) is 24.7 Å². The molecule has 2 aromatic rings. The molecule has 0 saturated heterocycles. The van der Waals surface area contributed by atoms with Crippen molar-refractivity contribution in [2.75, 3.05) is 19.7 Å². The molecule has 1 N–H and O–H groups in total. The van der Waals surface area contributed by atoms with Crippen molar-refractivity contribution in [3.8, 4) is 0 Å². The van der Waals surface area contributed by atoms with Crippen LogP contribution in [0.5, 0.6) is 0 Å². The van der Waals surface area contributed by atoms with Gasteiger partial charge in [0.1, 0.15) is 17.0 Å². The minimum absolute atomic E-state index is 0.190. The summed E-state index contributed by atoms with van der Waals surface area (Å²) in [5.41, 5.74) is 2.45. The standard InChI is InChI=1S/C16H20N2O3/c1-2-18-7-5-13-14-9-11(17-20)3-4-15(14)21-16(13)10-12(18)6-8-19/h3-4,9,12,19H,2,5-8,10H2,1H3. The number of nitroso groups, excluding NO2 is 1. The lowest BCUT2D eigenvalue weighted by atomic mass is 10.0. The quantitative estimate of drug-likeness (QED) is 0.878. The Kier molecular flexibility index (Phi) is 4.03. The Labute approximate surface area is 123 Å². The Morgan fingerprint density at radius 2 is 2.33 bits per heavy atom. The molecule has 1 aromatic heterocycles. The molecule has 1 unspecified atom stereocenters. The summed E-state index contributed by atoms with van der Waals surface area (Å²) >= 11 is 0. The van der Waals surface area contributed by atoms with E-state index in [4.69, 9.17) is 4.42 Å². The lowest BCUT2D eigenvalue weighted by molar-refractivity contribution is 0.164. The summed E-state index contributed by atoms with van der Waals surface area (Å²) in [7, 11) is 0. The van der Waals surface area contributed by atoms with Crippen LogP contribution in [0.3, 0.4) is 0 Å². The van der Waals surface area contributed by atoms with Crippen molar-refractivity contribution < 1.29 is 9.52 Å². The van der Waals surface area contributed by atoms with Gasteiger partial charge in [0.2, 0.25) is 0 Å². The van der Waals surface area contributed by atoms with Crippen LogP contribution in [0.2, 0.25) is 0 Å². The molecule has 5 heteroatoms. The molecule has 0 saturated carbocycles. The van der Waals surface area contributed by atoms with Gasteiger partial charge in [0.25, 0.3) is 0 Å². The third-order valence-electron chi connectivity index (χ3n) is 4.42. The van der Waals surface area contributed by atoms with E-state index in [2.05, 4.69) is 17.0 Å². The predicted molar refractivity (Wildman–Crippen MR) is 81.8 cm³/mol. The minimum Gasteiger partial charge on any atom is -0.461 e. The number of furan rings is 1. The maximum atomic E-state index is 10.7. The first-order chi connectivity index (χ1) is 10.3. The number of aliphatic hydroxyl groups excluding tert-OH is 1. The lowest BCUT2D eigenvalue weighted by Crippen LogP contribution is -2.37. The van der Waals surface area contributed by atoms with E-state index >= 15 is 0 Å². The second-order valence-corrected chi connectivity index (χ2v) is 5.52. The summed E-state index contributed by atoms with van der Waals surface area (Å²) in [5, 5.41) is 13.3. The Hall–Kier alpha value is -1.72.